The van der Waals surface area contributed by atoms with Crippen LogP contribution >= 0.6 is 11.6 Å². The quantitative estimate of drug-likeness (QED) is 0.722. The number of nitrogens with one attached hydrogen (secondary N) is 1. The van der Waals surface area contributed by atoms with Gasteiger partial charge in [-0.05, 0) is 50.1 Å². The highest BCUT2D eigenvalue weighted by molar-refractivity contribution is 6.30. The number of hydrogen-bond acceptors (Lipinski definition) is 4. The van der Waals surface area contributed by atoms with Gasteiger partial charge in [0.1, 0.15) is 11.5 Å². The van der Waals surface area contributed by atoms with E-state index in [4.69, 9.17) is 21.1 Å². The second kappa shape index (κ2) is 9.11. The lowest BCUT2D eigenvalue weighted by Crippen LogP contribution is -2.45. The van der Waals surface area contributed by atoms with Crippen molar-refractivity contribution in [2.45, 2.75) is 26.3 Å². The van der Waals surface area contributed by atoms with Gasteiger partial charge in [0.15, 0.2) is 0 Å². The Kier molecular flexibility index (Phi) is 6.58. The van der Waals surface area contributed by atoms with Crippen molar-refractivity contribution in [3.8, 4) is 11.5 Å². The van der Waals surface area contributed by atoms with Gasteiger partial charge in [0, 0.05) is 23.7 Å². The molecule has 0 radical (unpaired) electrons. The molecule has 0 spiro atoms. The summed E-state index contributed by atoms with van der Waals surface area (Å²) in [5, 5.41) is 3.69. The topological polar surface area (TPSA) is 50.8 Å². The molecule has 1 heterocycles. The normalized spacial score (nSPS) is 16.5. The molecule has 1 N–H and O–H groups in total. The lowest BCUT2D eigenvalue weighted by Gasteiger charge is -2.40. The highest BCUT2D eigenvalue weighted by Gasteiger charge is 2.30. The third-order valence-electron chi connectivity index (χ3n) is 4.57. The van der Waals surface area contributed by atoms with Gasteiger partial charge in [-0.15, -0.1) is 0 Å². The van der Waals surface area contributed by atoms with Crippen molar-refractivity contribution in [1.29, 1.82) is 0 Å². The van der Waals surface area contributed by atoms with E-state index in [0.29, 0.717) is 36.9 Å². The first-order valence-corrected chi connectivity index (χ1v) is 9.67. The number of nitrogens with zero attached hydrogens (tertiary/aromatic N) is 1. The van der Waals surface area contributed by atoms with E-state index in [0.717, 1.165) is 18.0 Å². The molecule has 1 fully saturated rings. The number of carbonyl (C=O) groups is 1. The van der Waals surface area contributed by atoms with Crippen LogP contribution in [0.3, 0.4) is 0 Å². The van der Waals surface area contributed by atoms with Crippen LogP contribution in [0.25, 0.3) is 0 Å². The fraction of sp³-hybridized carbons (Fsp3) is 0.381. The van der Waals surface area contributed by atoms with Crippen LogP contribution in [0.5, 0.6) is 11.5 Å². The maximum atomic E-state index is 12.6. The first kappa shape index (κ1) is 19.5. The van der Waals surface area contributed by atoms with Crippen molar-refractivity contribution in [2.24, 2.45) is 0 Å². The zero-order valence-corrected chi connectivity index (χ0v) is 16.5. The second-order valence-corrected chi connectivity index (χ2v) is 6.84. The number of benzene rings is 2. The van der Waals surface area contributed by atoms with Gasteiger partial charge in [0.2, 0.25) is 5.91 Å². The SMILES string of the molecule is CCOc1ccc(OCC)c(NC(=O)CN2CC[C@@H]2c2ccc(Cl)cc2)c1. The van der Waals surface area contributed by atoms with Crippen molar-refractivity contribution < 1.29 is 14.3 Å². The third kappa shape index (κ3) is 4.93. The molecule has 144 valence electrons. The Hall–Kier alpha value is -2.24. The smallest absolute Gasteiger partial charge is 0.238 e. The van der Waals surface area contributed by atoms with Crippen LogP contribution in [-0.2, 0) is 4.79 Å². The molecule has 1 aliphatic heterocycles. The predicted octanol–water partition coefficient (Wildman–Crippen LogP) is 4.52. The fourth-order valence-corrected chi connectivity index (χ4v) is 3.34. The molecule has 2 aromatic rings. The average molecular weight is 389 g/mol. The van der Waals surface area contributed by atoms with Crippen molar-refractivity contribution >= 4 is 23.2 Å². The van der Waals surface area contributed by atoms with E-state index in [1.165, 1.54) is 5.56 Å². The van der Waals surface area contributed by atoms with Gasteiger partial charge in [0.25, 0.3) is 0 Å². The monoisotopic (exact) mass is 388 g/mol. The van der Waals surface area contributed by atoms with Crippen molar-refractivity contribution in [2.75, 3.05) is 31.6 Å². The average Bonchev–Trinajstić information content (AvgIpc) is 2.63. The van der Waals surface area contributed by atoms with Gasteiger partial charge >= 0.3 is 0 Å². The Morgan fingerprint density at radius 1 is 1.15 bits per heavy atom. The molecule has 3 rings (SSSR count). The number of rotatable bonds is 8. The largest absolute Gasteiger partial charge is 0.494 e. The number of amides is 1. The van der Waals surface area contributed by atoms with Crippen LogP contribution in [0.1, 0.15) is 31.9 Å². The highest BCUT2D eigenvalue weighted by Crippen LogP contribution is 2.34. The van der Waals surface area contributed by atoms with Crippen LogP contribution in [0.4, 0.5) is 5.69 Å². The molecule has 0 saturated carbocycles. The Labute approximate surface area is 165 Å². The van der Waals surface area contributed by atoms with Crippen molar-refractivity contribution in [1.82, 2.24) is 4.90 Å². The zero-order valence-electron chi connectivity index (χ0n) is 15.7. The van der Waals surface area contributed by atoms with Gasteiger partial charge in [0.05, 0.1) is 25.4 Å². The fourth-order valence-electron chi connectivity index (χ4n) is 3.21. The van der Waals surface area contributed by atoms with Gasteiger partial charge < -0.3 is 14.8 Å². The van der Waals surface area contributed by atoms with Gasteiger partial charge in [-0.25, -0.2) is 0 Å². The maximum absolute atomic E-state index is 12.6. The van der Waals surface area contributed by atoms with E-state index >= 15 is 0 Å². The Morgan fingerprint density at radius 3 is 2.52 bits per heavy atom. The zero-order chi connectivity index (χ0) is 19.2. The highest BCUT2D eigenvalue weighted by atomic mass is 35.5. The molecular formula is C21H25ClN2O3. The molecule has 0 aliphatic carbocycles. The standard InChI is InChI=1S/C21H25ClN2O3/c1-3-26-17-9-10-20(27-4-2)18(13-17)23-21(25)14-24-12-11-19(24)15-5-7-16(22)8-6-15/h5-10,13,19H,3-4,11-12,14H2,1-2H3,(H,23,25)/t19-/m1/s1. The minimum Gasteiger partial charge on any atom is -0.494 e. The van der Waals surface area contributed by atoms with Crippen molar-refractivity contribution in [3.63, 3.8) is 0 Å². The van der Waals surface area contributed by atoms with Crippen LogP contribution in [0, 0.1) is 0 Å². The van der Waals surface area contributed by atoms with E-state index < -0.39 is 0 Å². The number of hydrogen-bond donors (Lipinski definition) is 1. The molecule has 0 aromatic heterocycles. The molecule has 1 amide bonds. The lowest BCUT2D eigenvalue weighted by atomic mass is 9.95. The Balaban J connectivity index is 1.65. The second-order valence-electron chi connectivity index (χ2n) is 6.40. The third-order valence-corrected chi connectivity index (χ3v) is 4.82. The van der Waals surface area contributed by atoms with E-state index in [-0.39, 0.29) is 11.9 Å². The summed E-state index contributed by atoms with van der Waals surface area (Å²) < 4.78 is 11.2. The molecule has 1 atom stereocenters. The first-order valence-electron chi connectivity index (χ1n) is 9.29. The molecule has 0 bridgehead atoms. The number of ether oxygens (including phenoxy) is 2. The summed E-state index contributed by atoms with van der Waals surface area (Å²) in [4.78, 5) is 14.8. The van der Waals surface area contributed by atoms with Crippen LogP contribution < -0.4 is 14.8 Å². The van der Waals surface area contributed by atoms with Gasteiger partial charge in [-0.1, -0.05) is 23.7 Å². The molecule has 27 heavy (non-hydrogen) atoms. The molecule has 1 saturated heterocycles. The van der Waals surface area contributed by atoms with Gasteiger partial charge in [-0.3, -0.25) is 9.69 Å². The minimum absolute atomic E-state index is 0.0664. The summed E-state index contributed by atoms with van der Waals surface area (Å²) in [7, 11) is 0. The molecular weight excluding hydrogens is 364 g/mol. The predicted molar refractivity (Wildman–Crippen MR) is 108 cm³/mol. The molecule has 0 unspecified atom stereocenters. The summed E-state index contributed by atoms with van der Waals surface area (Å²) >= 11 is 5.96. The number of carbonyl (C=O) groups excluding carboxylic acids is 1. The van der Waals surface area contributed by atoms with Crippen molar-refractivity contribution in [3.05, 3.63) is 53.1 Å². The van der Waals surface area contributed by atoms with E-state index in [1.807, 2.05) is 50.2 Å². The number of likely N-dealkylation sites (tertiary alicyclic amines) is 1. The van der Waals surface area contributed by atoms with Crippen LogP contribution in [0.2, 0.25) is 5.02 Å². The molecule has 5 nitrogen and oxygen atoms in total. The molecule has 2 aromatic carbocycles. The summed E-state index contributed by atoms with van der Waals surface area (Å²) in [5.41, 5.74) is 1.82. The molecule has 1 aliphatic rings. The number of halogens is 1. The minimum atomic E-state index is -0.0664. The number of anilines is 1. The van der Waals surface area contributed by atoms with Crippen LogP contribution in [0.15, 0.2) is 42.5 Å². The van der Waals surface area contributed by atoms with Gasteiger partial charge in [-0.2, -0.15) is 0 Å². The maximum Gasteiger partial charge on any atom is 0.238 e. The molecule has 6 heteroatoms. The first-order chi connectivity index (χ1) is 13.1. The van der Waals surface area contributed by atoms with Crippen LogP contribution in [-0.4, -0.2) is 37.1 Å². The van der Waals surface area contributed by atoms with E-state index in [1.54, 1.807) is 6.07 Å². The summed E-state index contributed by atoms with van der Waals surface area (Å²) in [6, 6.07) is 13.6. The Morgan fingerprint density at radius 2 is 1.89 bits per heavy atom. The Bertz CT molecular complexity index is 779. The summed E-state index contributed by atoms with van der Waals surface area (Å²) in [6.07, 6.45) is 1.04. The van der Waals surface area contributed by atoms with E-state index in [9.17, 15) is 4.79 Å². The lowest BCUT2D eigenvalue weighted by molar-refractivity contribution is -0.119. The summed E-state index contributed by atoms with van der Waals surface area (Å²) in [5.74, 6) is 1.29. The summed E-state index contributed by atoms with van der Waals surface area (Å²) in [6.45, 7) is 6.17. The van der Waals surface area contributed by atoms with E-state index in [2.05, 4.69) is 10.2 Å².